The van der Waals surface area contributed by atoms with Crippen molar-refractivity contribution in [3.63, 3.8) is 0 Å². The van der Waals surface area contributed by atoms with Gasteiger partial charge >= 0.3 is 0 Å². The van der Waals surface area contributed by atoms with E-state index in [4.69, 9.17) is 0 Å². The molecule has 1 aromatic heterocycles. The summed E-state index contributed by atoms with van der Waals surface area (Å²) in [5.41, 5.74) is -0.326. The van der Waals surface area contributed by atoms with Crippen molar-refractivity contribution in [3.8, 4) is 0 Å². The van der Waals surface area contributed by atoms with Crippen LogP contribution in [0.1, 0.15) is 27.7 Å². The summed E-state index contributed by atoms with van der Waals surface area (Å²) in [5, 5.41) is 10.5. The van der Waals surface area contributed by atoms with Crippen LogP contribution in [-0.2, 0) is 11.3 Å². The van der Waals surface area contributed by atoms with Crippen LogP contribution in [0.2, 0.25) is 0 Å². The molecule has 0 aromatic carbocycles. The predicted octanol–water partition coefficient (Wildman–Crippen LogP) is 1.79. The van der Waals surface area contributed by atoms with Crippen LogP contribution in [0, 0.1) is 5.41 Å². The van der Waals surface area contributed by atoms with Gasteiger partial charge in [-0.15, -0.1) is 0 Å². The number of rotatable bonds is 6. The van der Waals surface area contributed by atoms with E-state index in [2.05, 4.69) is 38.6 Å². The van der Waals surface area contributed by atoms with Crippen LogP contribution < -0.4 is 10.6 Å². The molecule has 1 aromatic rings. The van der Waals surface area contributed by atoms with Crippen molar-refractivity contribution in [1.82, 2.24) is 20.4 Å². The average molecular weight is 331 g/mol. The Bertz CT molecular complexity index is 411. The van der Waals surface area contributed by atoms with E-state index in [9.17, 15) is 4.79 Å². The summed E-state index contributed by atoms with van der Waals surface area (Å²) in [6.07, 6.45) is 3.72. The normalized spacial score (nSPS) is 13.3. The van der Waals surface area contributed by atoms with Gasteiger partial charge in [0, 0.05) is 30.7 Å². The van der Waals surface area contributed by atoms with E-state index in [1.54, 1.807) is 6.20 Å². The Morgan fingerprint density at radius 2 is 2.16 bits per heavy atom. The van der Waals surface area contributed by atoms with Gasteiger partial charge in [0.15, 0.2) is 0 Å². The summed E-state index contributed by atoms with van der Waals surface area (Å²) in [4.78, 5) is 11.6. The largest absolute Gasteiger partial charge is 0.354 e. The molecule has 0 unspecified atom stereocenters. The highest BCUT2D eigenvalue weighted by molar-refractivity contribution is 9.10. The average Bonchev–Trinajstić information content (AvgIpc) is 2.68. The van der Waals surface area contributed by atoms with Crippen LogP contribution in [0.25, 0.3) is 0 Å². The highest BCUT2D eigenvalue weighted by Crippen LogP contribution is 2.11. The number of carbonyl (C=O) groups is 1. The van der Waals surface area contributed by atoms with Crippen LogP contribution in [0.3, 0.4) is 0 Å². The summed E-state index contributed by atoms with van der Waals surface area (Å²) < 4.78 is 2.87. The second-order valence-corrected chi connectivity index (χ2v) is 6.66. The summed E-state index contributed by atoms with van der Waals surface area (Å²) in [5.74, 6) is 0.0814. The van der Waals surface area contributed by atoms with Crippen LogP contribution in [0.15, 0.2) is 16.9 Å². The fourth-order valence-corrected chi connectivity index (χ4v) is 1.87. The summed E-state index contributed by atoms with van der Waals surface area (Å²) in [6, 6.07) is 0.304. The van der Waals surface area contributed by atoms with E-state index in [1.165, 1.54) is 0 Å². The van der Waals surface area contributed by atoms with E-state index in [0.29, 0.717) is 12.6 Å². The molecule has 0 spiro atoms. The molecule has 0 aliphatic heterocycles. The Morgan fingerprint density at radius 3 is 2.68 bits per heavy atom. The van der Waals surface area contributed by atoms with E-state index in [1.807, 2.05) is 31.6 Å². The van der Waals surface area contributed by atoms with E-state index in [0.717, 1.165) is 17.6 Å². The minimum Gasteiger partial charge on any atom is -0.354 e. The van der Waals surface area contributed by atoms with Gasteiger partial charge in [-0.05, 0) is 22.9 Å². The molecule has 0 aliphatic rings. The zero-order chi connectivity index (χ0) is 14.5. The van der Waals surface area contributed by atoms with Gasteiger partial charge in [0.2, 0.25) is 5.91 Å². The quantitative estimate of drug-likeness (QED) is 0.782. The molecule has 0 saturated heterocycles. The van der Waals surface area contributed by atoms with Crippen molar-refractivity contribution in [1.29, 1.82) is 0 Å². The van der Waals surface area contributed by atoms with Crippen molar-refractivity contribution in [2.45, 2.75) is 40.3 Å². The second-order valence-electron chi connectivity index (χ2n) is 5.74. The first kappa shape index (κ1) is 16.2. The van der Waals surface area contributed by atoms with Crippen molar-refractivity contribution < 1.29 is 4.79 Å². The van der Waals surface area contributed by atoms with Gasteiger partial charge < -0.3 is 10.6 Å². The molecule has 1 amide bonds. The Labute approximate surface area is 123 Å². The maximum atomic E-state index is 11.6. The zero-order valence-electron chi connectivity index (χ0n) is 12.0. The van der Waals surface area contributed by atoms with Gasteiger partial charge in [-0.1, -0.05) is 20.8 Å². The van der Waals surface area contributed by atoms with E-state index < -0.39 is 0 Å². The number of nitrogens with zero attached hydrogens (tertiary/aromatic N) is 2. The first-order chi connectivity index (χ1) is 8.79. The molecule has 1 heterocycles. The Morgan fingerprint density at radius 1 is 1.47 bits per heavy atom. The molecule has 0 aliphatic carbocycles. The Balaban J connectivity index is 2.17. The third-order valence-electron chi connectivity index (χ3n) is 2.65. The first-order valence-electron chi connectivity index (χ1n) is 6.48. The van der Waals surface area contributed by atoms with Gasteiger partial charge in [0.1, 0.15) is 0 Å². The summed E-state index contributed by atoms with van der Waals surface area (Å²) in [7, 11) is 0. The number of carbonyl (C=O) groups excluding carboxylic acids is 1. The maximum Gasteiger partial charge on any atom is 0.225 e. The first-order valence-corrected chi connectivity index (χ1v) is 7.28. The van der Waals surface area contributed by atoms with Crippen molar-refractivity contribution in [3.05, 3.63) is 16.9 Å². The molecule has 0 bridgehead atoms. The molecule has 1 atom stereocenters. The second kappa shape index (κ2) is 7.05. The smallest absolute Gasteiger partial charge is 0.225 e. The molecule has 6 heteroatoms. The van der Waals surface area contributed by atoms with Crippen LogP contribution in [-0.4, -0.2) is 34.8 Å². The van der Waals surface area contributed by atoms with Crippen molar-refractivity contribution >= 4 is 21.8 Å². The molecule has 19 heavy (non-hydrogen) atoms. The van der Waals surface area contributed by atoms with E-state index >= 15 is 0 Å². The third kappa shape index (κ3) is 6.20. The number of hydrogen-bond acceptors (Lipinski definition) is 3. The summed E-state index contributed by atoms with van der Waals surface area (Å²) in [6.45, 7) is 10.0. The minimum atomic E-state index is -0.326. The molecule has 5 nitrogen and oxygen atoms in total. The fraction of sp³-hybridized carbons (Fsp3) is 0.692. The molecule has 0 radical (unpaired) electrons. The molecule has 2 N–H and O–H groups in total. The number of amides is 1. The SMILES string of the molecule is C[C@H](Cn1cc(Br)cn1)NCCNC(=O)C(C)(C)C. The number of halogens is 1. The molecule has 1 rings (SSSR count). The number of nitrogens with one attached hydrogen (secondary N) is 2. The molecule has 0 fully saturated rings. The highest BCUT2D eigenvalue weighted by atomic mass is 79.9. The monoisotopic (exact) mass is 330 g/mol. The summed E-state index contributed by atoms with van der Waals surface area (Å²) >= 11 is 3.37. The van der Waals surface area contributed by atoms with Crippen molar-refractivity contribution in [2.24, 2.45) is 5.41 Å². The zero-order valence-corrected chi connectivity index (χ0v) is 13.6. The van der Waals surface area contributed by atoms with Gasteiger partial charge in [-0.3, -0.25) is 9.48 Å². The Kier molecular flexibility index (Phi) is 6.00. The van der Waals surface area contributed by atoms with Crippen molar-refractivity contribution in [2.75, 3.05) is 13.1 Å². The lowest BCUT2D eigenvalue weighted by atomic mass is 9.96. The van der Waals surface area contributed by atoms with Gasteiger partial charge in [-0.25, -0.2) is 0 Å². The van der Waals surface area contributed by atoms with Gasteiger partial charge in [0.25, 0.3) is 0 Å². The van der Waals surface area contributed by atoms with Gasteiger partial charge in [-0.2, -0.15) is 5.10 Å². The standard InChI is InChI=1S/C13H23BrN4O/c1-10(8-18-9-11(14)7-17-18)15-5-6-16-12(19)13(2,3)4/h7,9-10,15H,5-6,8H2,1-4H3,(H,16,19)/t10-/m1/s1. The topological polar surface area (TPSA) is 59.0 Å². The van der Waals surface area contributed by atoms with Crippen LogP contribution >= 0.6 is 15.9 Å². The molecule has 0 saturated carbocycles. The number of aromatic nitrogens is 2. The van der Waals surface area contributed by atoms with E-state index in [-0.39, 0.29) is 11.3 Å². The predicted molar refractivity (Wildman–Crippen MR) is 79.9 cm³/mol. The van der Waals surface area contributed by atoms with Crippen LogP contribution in [0.4, 0.5) is 0 Å². The lowest BCUT2D eigenvalue weighted by Crippen LogP contribution is -2.41. The highest BCUT2D eigenvalue weighted by Gasteiger charge is 2.20. The van der Waals surface area contributed by atoms with Gasteiger partial charge in [0.05, 0.1) is 17.2 Å². The lowest BCUT2D eigenvalue weighted by Gasteiger charge is -2.19. The maximum absolute atomic E-state index is 11.6. The minimum absolute atomic E-state index is 0.0814. The molecular weight excluding hydrogens is 308 g/mol. The molecule has 108 valence electrons. The molecular formula is C13H23BrN4O. The Hall–Kier alpha value is -0.880. The van der Waals surface area contributed by atoms with Crippen LogP contribution in [0.5, 0.6) is 0 Å². The fourth-order valence-electron chi connectivity index (χ4n) is 1.54. The lowest BCUT2D eigenvalue weighted by molar-refractivity contribution is -0.128. The third-order valence-corrected chi connectivity index (χ3v) is 3.06. The number of hydrogen-bond donors (Lipinski definition) is 2.